The number of nitrogens with one attached hydrogen (secondary N) is 1. The lowest BCUT2D eigenvalue weighted by atomic mass is 9.77. The van der Waals surface area contributed by atoms with Crippen LogP contribution in [0, 0.1) is 5.92 Å². The zero-order chi connectivity index (χ0) is 18.6. The van der Waals surface area contributed by atoms with Crippen LogP contribution in [0.2, 0.25) is 0 Å². The Balaban J connectivity index is 1.72. The standard InChI is InChI=1S/C20H23N3O3/c1-2-20(19(25)26,16-6-4-3-5-7-16)12-22-18(24)14-8-9-17-15(10-14)11-21-13-23-17/h3-7,11,13-14H,2,8-10,12H2,1H3,(H,22,24)(H,25,26). The molecule has 0 saturated carbocycles. The van der Waals surface area contributed by atoms with Gasteiger partial charge in [-0.15, -0.1) is 0 Å². The van der Waals surface area contributed by atoms with Crippen LogP contribution in [0.1, 0.15) is 36.6 Å². The van der Waals surface area contributed by atoms with E-state index in [1.54, 1.807) is 18.3 Å². The van der Waals surface area contributed by atoms with E-state index in [2.05, 4.69) is 15.3 Å². The Hall–Kier alpha value is -2.76. The number of amides is 1. The topological polar surface area (TPSA) is 92.2 Å². The molecule has 0 radical (unpaired) electrons. The predicted molar refractivity (Wildman–Crippen MR) is 96.6 cm³/mol. The van der Waals surface area contributed by atoms with Gasteiger partial charge in [0.2, 0.25) is 5.91 Å². The molecule has 0 bridgehead atoms. The molecule has 2 atom stereocenters. The number of rotatable bonds is 6. The minimum Gasteiger partial charge on any atom is -0.481 e. The number of carboxylic acids is 1. The molecule has 1 aromatic carbocycles. The summed E-state index contributed by atoms with van der Waals surface area (Å²) in [6, 6.07) is 9.10. The van der Waals surface area contributed by atoms with E-state index < -0.39 is 11.4 Å². The summed E-state index contributed by atoms with van der Waals surface area (Å²) in [5, 5.41) is 12.8. The van der Waals surface area contributed by atoms with Gasteiger partial charge in [0.25, 0.3) is 0 Å². The lowest BCUT2D eigenvalue weighted by Crippen LogP contribution is -2.48. The van der Waals surface area contributed by atoms with E-state index in [0.717, 1.165) is 17.7 Å². The maximum absolute atomic E-state index is 12.7. The van der Waals surface area contributed by atoms with Crippen LogP contribution in [0.4, 0.5) is 0 Å². The van der Waals surface area contributed by atoms with Crippen LogP contribution in [0.5, 0.6) is 0 Å². The second-order valence-corrected chi connectivity index (χ2v) is 6.76. The minimum atomic E-state index is -1.12. The Morgan fingerprint density at radius 1 is 1.31 bits per heavy atom. The van der Waals surface area contributed by atoms with Gasteiger partial charge in [-0.05, 0) is 36.8 Å². The summed E-state index contributed by atoms with van der Waals surface area (Å²) >= 11 is 0. The molecule has 0 spiro atoms. The van der Waals surface area contributed by atoms with E-state index in [9.17, 15) is 14.7 Å². The summed E-state index contributed by atoms with van der Waals surface area (Å²) in [5.74, 6) is -1.20. The second-order valence-electron chi connectivity index (χ2n) is 6.76. The number of carbonyl (C=O) groups is 2. The highest BCUT2D eigenvalue weighted by atomic mass is 16.4. The van der Waals surface area contributed by atoms with Crippen LogP contribution in [0.15, 0.2) is 42.9 Å². The molecule has 2 N–H and O–H groups in total. The van der Waals surface area contributed by atoms with Crippen LogP contribution in [0.3, 0.4) is 0 Å². The van der Waals surface area contributed by atoms with Gasteiger partial charge < -0.3 is 10.4 Å². The van der Waals surface area contributed by atoms with Crippen molar-refractivity contribution in [2.24, 2.45) is 5.92 Å². The lowest BCUT2D eigenvalue weighted by molar-refractivity contribution is -0.144. The third kappa shape index (κ3) is 3.45. The molecule has 3 rings (SSSR count). The Morgan fingerprint density at radius 2 is 2.08 bits per heavy atom. The van der Waals surface area contributed by atoms with Crippen molar-refractivity contribution in [3.8, 4) is 0 Å². The van der Waals surface area contributed by atoms with Gasteiger partial charge in [-0.25, -0.2) is 9.97 Å². The van der Waals surface area contributed by atoms with E-state index in [0.29, 0.717) is 24.8 Å². The number of aromatic nitrogens is 2. The number of benzene rings is 1. The Labute approximate surface area is 152 Å². The Bertz CT molecular complexity index is 794. The van der Waals surface area contributed by atoms with Crippen molar-refractivity contribution < 1.29 is 14.7 Å². The molecule has 0 aliphatic heterocycles. The van der Waals surface area contributed by atoms with E-state index >= 15 is 0 Å². The molecule has 1 aromatic heterocycles. The summed E-state index contributed by atoms with van der Waals surface area (Å²) < 4.78 is 0. The summed E-state index contributed by atoms with van der Waals surface area (Å²) in [6.45, 7) is 1.91. The van der Waals surface area contributed by atoms with Gasteiger partial charge >= 0.3 is 5.97 Å². The fourth-order valence-electron chi connectivity index (χ4n) is 3.60. The van der Waals surface area contributed by atoms with Crippen molar-refractivity contribution in [1.29, 1.82) is 0 Å². The van der Waals surface area contributed by atoms with Crippen molar-refractivity contribution in [2.75, 3.05) is 6.54 Å². The van der Waals surface area contributed by atoms with Gasteiger partial charge in [0.15, 0.2) is 0 Å². The number of carbonyl (C=O) groups excluding carboxylic acids is 1. The average molecular weight is 353 g/mol. The number of fused-ring (bicyclic) bond motifs is 1. The summed E-state index contributed by atoms with van der Waals surface area (Å²) in [4.78, 5) is 33.0. The molecule has 2 unspecified atom stereocenters. The number of aryl methyl sites for hydroxylation is 1. The first-order chi connectivity index (χ1) is 12.6. The largest absolute Gasteiger partial charge is 0.481 e. The summed E-state index contributed by atoms with van der Waals surface area (Å²) in [5.41, 5.74) is 1.59. The first-order valence-corrected chi connectivity index (χ1v) is 8.91. The van der Waals surface area contributed by atoms with Crippen molar-refractivity contribution in [3.63, 3.8) is 0 Å². The number of nitrogens with zero attached hydrogens (tertiary/aromatic N) is 2. The van der Waals surface area contributed by atoms with Crippen LogP contribution in [-0.2, 0) is 27.8 Å². The first kappa shape index (κ1) is 18.0. The second kappa shape index (κ2) is 7.64. The van der Waals surface area contributed by atoms with Crippen molar-refractivity contribution in [3.05, 3.63) is 59.7 Å². The smallest absolute Gasteiger partial charge is 0.315 e. The molecule has 26 heavy (non-hydrogen) atoms. The lowest BCUT2D eigenvalue weighted by Gasteiger charge is -2.30. The monoisotopic (exact) mass is 353 g/mol. The molecular formula is C20H23N3O3. The van der Waals surface area contributed by atoms with Crippen LogP contribution >= 0.6 is 0 Å². The quantitative estimate of drug-likeness (QED) is 0.830. The molecular weight excluding hydrogens is 330 g/mol. The average Bonchev–Trinajstić information content (AvgIpc) is 2.69. The third-order valence-corrected chi connectivity index (χ3v) is 5.35. The fourth-order valence-corrected chi connectivity index (χ4v) is 3.60. The van der Waals surface area contributed by atoms with Gasteiger partial charge in [-0.1, -0.05) is 37.3 Å². The number of hydrogen-bond donors (Lipinski definition) is 2. The molecule has 6 nitrogen and oxygen atoms in total. The maximum atomic E-state index is 12.7. The van der Waals surface area contributed by atoms with Crippen LogP contribution < -0.4 is 5.32 Å². The van der Waals surface area contributed by atoms with Crippen molar-refractivity contribution in [2.45, 2.75) is 38.0 Å². The van der Waals surface area contributed by atoms with E-state index in [-0.39, 0.29) is 18.4 Å². The SMILES string of the molecule is CCC(CNC(=O)C1CCc2ncncc2C1)(C(=O)O)c1ccccc1. The first-order valence-electron chi connectivity index (χ1n) is 8.91. The molecule has 1 aliphatic carbocycles. The summed E-state index contributed by atoms with van der Waals surface area (Å²) in [7, 11) is 0. The zero-order valence-corrected chi connectivity index (χ0v) is 14.8. The van der Waals surface area contributed by atoms with E-state index in [1.165, 1.54) is 6.33 Å². The molecule has 1 amide bonds. The zero-order valence-electron chi connectivity index (χ0n) is 14.8. The number of hydrogen-bond acceptors (Lipinski definition) is 4. The molecule has 1 aliphatic rings. The van der Waals surface area contributed by atoms with E-state index in [1.807, 2.05) is 25.1 Å². The highest BCUT2D eigenvalue weighted by Crippen LogP contribution is 2.29. The van der Waals surface area contributed by atoms with Crippen LogP contribution in [0.25, 0.3) is 0 Å². The maximum Gasteiger partial charge on any atom is 0.315 e. The van der Waals surface area contributed by atoms with Gasteiger partial charge in [0.05, 0.1) is 0 Å². The molecule has 0 fully saturated rings. The molecule has 1 heterocycles. The molecule has 136 valence electrons. The summed E-state index contributed by atoms with van der Waals surface area (Å²) in [6.07, 6.45) is 5.74. The van der Waals surface area contributed by atoms with Crippen molar-refractivity contribution >= 4 is 11.9 Å². The van der Waals surface area contributed by atoms with Crippen molar-refractivity contribution in [1.82, 2.24) is 15.3 Å². The number of aliphatic carboxylic acids is 1. The molecule has 2 aromatic rings. The predicted octanol–water partition coefficient (Wildman–Crippen LogP) is 2.13. The Morgan fingerprint density at radius 3 is 2.77 bits per heavy atom. The van der Waals surface area contributed by atoms with Gasteiger partial charge in [-0.2, -0.15) is 0 Å². The third-order valence-electron chi connectivity index (χ3n) is 5.35. The van der Waals surface area contributed by atoms with Gasteiger partial charge in [0.1, 0.15) is 11.7 Å². The fraction of sp³-hybridized carbons (Fsp3) is 0.400. The number of carboxylic acid groups (broad SMARTS) is 1. The van der Waals surface area contributed by atoms with Gasteiger partial charge in [0, 0.05) is 24.4 Å². The molecule has 6 heteroatoms. The highest BCUT2D eigenvalue weighted by molar-refractivity contribution is 5.84. The van der Waals surface area contributed by atoms with Crippen LogP contribution in [-0.4, -0.2) is 33.5 Å². The normalized spacial score (nSPS) is 18.4. The van der Waals surface area contributed by atoms with Gasteiger partial charge in [-0.3, -0.25) is 9.59 Å². The highest BCUT2D eigenvalue weighted by Gasteiger charge is 2.39. The Kier molecular flexibility index (Phi) is 5.30. The minimum absolute atomic E-state index is 0.0797. The van der Waals surface area contributed by atoms with E-state index in [4.69, 9.17) is 0 Å². The molecule has 0 saturated heterocycles.